The second-order valence-corrected chi connectivity index (χ2v) is 9.85. The molecule has 1 unspecified atom stereocenters. The fraction of sp³-hybridized carbons (Fsp3) is 0.208. The van der Waals surface area contributed by atoms with Crippen molar-refractivity contribution in [2.45, 2.75) is 31.7 Å². The van der Waals surface area contributed by atoms with E-state index in [-0.39, 0.29) is 15.6 Å². The van der Waals surface area contributed by atoms with Gasteiger partial charge in [0.15, 0.2) is 0 Å². The largest absolute Gasteiger partial charge is 0.324 e. The Hall–Kier alpha value is -2.74. The molecule has 0 saturated heterocycles. The molecular weight excluding hydrogens is 451 g/mol. The van der Waals surface area contributed by atoms with Gasteiger partial charge in [0.2, 0.25) is 15.9 Å². The molecule has 3 rings (SSSR count). The number of hydrogen-bond donors (Lipinski definition) is 1. The predicted molar refractivity (Wildman–Crippen MR) is 125 cm³/mol. The first-order valence-electron chi connectivity index (χ1n) is 9.98. The number of benzene rings is 3. The zero-order valence-electron chi connectivity index (χ0n) is 18.0. The van der Waals surface area contributed by atoms with E-state index in [4.69, 9.17) is 11.6 Å². The van der Waals surface area contributed by atoms with E-state index in [1.807, 2.05) is 44.2 Å². The average molecular weight is 475 g/mol. The molecule has 3 aromatic rings. The predicted octanol–water partition coefficient (Wildman–Crippen LogP) is 5.49. The van der Waals surface area contributed by atoms with Gasteiger partial charge in [-0.15, -0.1) is 0 Å². The molecule has 1 atom stereocenters. The van der Waals surface area contributed by atoms with Crippen LogP contribution in [0.2, 0.25) is 5.02 Å². The molecule has 0 saturated carbocycles. The van der Waals surface area contributed by atoms with E-state index < -0.39 is 34.3 Å². The van der Waals surface area contributed by atoms with Crippen LogP contribution in [0.15, 0.2) is 71.6 Å². The van der Waals surface area contributed by atoms with Gasteiger partial charge >= 0.3 is 0 Å². The highest BCUT2D eigenvalue weighted by atomic mass is 35.5. The van der Waals surface area contributed by atoms with Crippen molar-refractivity contribution in [2.75, 3.05) is 11.9 Å². The van der Waals surface area contributed by atoms with Gasteiger partial charge in [-0.3, -0.25) is 4.79 Å². The molecule has 0 aromatic heterocycles. The summed E-state index contributed by atoms with van der Waals surface area (Å²) >= 11 is 6.00. The normalized spacial score (nSPS) is 12.6. The molecule has 3 aromatic carbocycles. The van der Waals surface area contributed by atoms with E-state index in [2.05, 4.69) is 5.32 Å². The molecule has 8 heteroatoms. The lowest BCUT2D eigenvalue weighted by Gasteiger charge is -2.28. The average Bonchev–Trinajstić information content (AvgIpc) is 2.76. The molecule has 0 heterocycles. The SMILES string of the molecule is Cc1ccc(S(=O)(=O)N(CC(=O)Nc2ccc(F)cc2Cl)C(C)c2ccccc2)cc1C. The standard InChI is InChI=1S/C24H24ClFN2O3S/c1-16-9-11-21(13-17(16)2)32(30,31)28(18(3)19-7-5-4-6-8-19)15-24(29)27-23-12-10-20(26)14-22(23)25/h4-14,18H,15H2,1-3H3,(H,27,29). The first kappa shape index (κ1) is 23.9. The van der Waals surface area contributed by atoms with E-state index in [0.29, 0.717) is 0 Å². The number of nitrogens with one attached hydrogen (secondary N) is 1. The molecule has 0 bridgehead atoms. The van der Waals surface area contributed by atoms with Gasteiger partial charge in [-0.25, -0.2) is 12.8 Å². The Morgan fingerprint density at radius 2 is 1.72 bits per heavy atom. The first-order valence-corrected chi connectivity index (χ1v) is 11.8. The summed E-state index contributed by atoms with van der Waals surface area (Å²) in [7, 11) is -4.01. The Morgan fingerprint density at radius 3 is 2.34 bits per heavy atom. The Kier molecular flexibility index (Phi) is 7.33. The number of sulfonamides is 1. The summed E-state index contributed by atoms with van der Waals surface area (Å²) < 4.78 is 41.6. The molecule has 1 amide bonds. The fourth-order valence-corrected chi connectivity index (χ4v) is 5.14. The maximum atomic E-state index is 13.6. The second kappa shape index (κ2) is 9.81. The number of hydrogen-bond acceptors (Lipinski definition) is 3. The topological polar surface area (TPSA) is 66.5 Å². The number of carbonyl (C=O) groups is 1. The van der Waals surface area contributed by atoms with Crippen LogP contribution in [0.5, 0.6) is 0 Å². The molecule has 1 N–H and O–H groups in total. The summed E-state index contributed by atoms with van der Waals surface area (Å²) in [5.74, 6) is -1.13. The highest BCUT2D eigenvalue weighted by Crippen LogP contribution is 2.29. The van der Waals surface area contributed by atoms with Crippen LogP contribution in [0.4, 0.5) is 10.1 Å². The van der Waals surface area contributed by atoms with Crippen LogP contribution in [0.25, 0.3) is 0 Å². The van der Waals surface area contributed by atoms with Crippen molar-refractivity contribution >= 4 is 33.2 Å². The Bertz CT molecular complexity index is 1230. The maximum absolute atomic E-state index is 13.6. The van der Waals surface area contributed by atoms with Crippen molar-refractivity contribution in [1.29, 1.82) is 0 Å². The van der Waals surface area contributed by atoms with Gasteiger partial charge in [-0.2, -0.15) is 4.31 Å². The maximum Gasteiger partial charge on any atom is 0.244 e. The van der Waals surface area contributed by atoms with Crippen LogP contribution in [0.1, 0.15) is 29.7 Å². The van der Waals surface area contributed by atoms with Crippen molar-refractivity contribution in [3.8, 4) is 0 Å². The number of carbonyl (C=O) groups excluding carboxylic acids is 1. The first-order chi connectivity index (χ1) is 15.1. The van der Waals surface area contributed by atoms with Crippen LogP contribution in [-0.4, -0.2) is 25.2 Å². The number of halogens is 2. The van der Waals surface area contributed by atoms with Crippen molar-refractivity contribution in [3.63, 3.8) is 0 Å². The van der Waals surface area contributed by atoms with Gasteiger partial charge < -0.3 is 5.32 Å². The van der Waals surface area contributed by atoms with Crippen molar-refractivity contribution < 1.29 is 17.6 Å². The highest BCUT2D eigenvalue weighted by Gasteiger charge is 2.32. The number of rotatable bonds is 7. The molecule has 0 radical (unpaired) electrons. The molecule has 5 nitrogen and oxygen atoms in total. The number of anilines is 1. The van der Waals surface area contributed by atoms with Crippen LogP contribution in [0, 0.1) is 19.7 Å². The van der Waals surface area contributed by atoms with E-state index in [1.165, 1.54) is 12.1 Å². The quantitative estimate of drug-likeness (QED) is 0.492. The van der Waals surface area contributed by atoms with E-state index in [0.717, 1.165) is 33.1 Å². The molecule has 0 fully saturated rings. The minimum atomic E-state index is -4.01. The van der Waals surface area contributed by atoms with E-state index in [1.54, 1.807) is 19.1 Å². The van der Waals surface area contributed by atoms with Crippen LogP contribution in [0.3, 0.4) is 0 Å². The van der Waals surface area contributed by atoms with Crippen LogP contribution >= 0.6 is 11.6 Å². The van der Waals surface area contributed by atoms with Gasteiger partial charge in [0.1, 0.15) is 5.82 Å². The Labute approximate surface area is 192 Å². The summed E-state index contributed by atoms with van der Waals surface area (Å²) in [4.78, 5) is 12.9. The third kappa shape index (κ3) is 5.35. The number of nitrogens with zero attached hydrogens (tertiary/aromatic N) is 1. The van der Waals surface area contributed by atoms with Gasteiger partial charge in [0.25, 0.3) is 0 Å². The lowest BCUT2D eigenvalue weighted by atomic mass is 10.1. The summed E-state index contributed by atoms with van der Waals surface area (Å²) in [6, 6.07) is 16.9. The summed E-state index contributed by atoms with van der Waals surface area (Å²) in [5, 5.41) is 2.60. The lowest BCUT2D eigenvalue weighted by molar-refractivity contribution is -0.116. The zero-order chi connectivity index (χ0) is 23.5. The highest BCUT2D eigenvalue weighted by molar-refractivity contribution is 7.89. The Morgan fingerprint density at radius 1 is 1.03 bits per heavy atom. The molecule has 0 aliphatic carbocycles. The van der Waals surface area contributed by atoms with Gasteiger partial charge in [-0.05, 0) is 67.8 Å². The summed E-state index contributed by atoms with van der Waals surface area (Å²) in [6.07, 6.45) is 0. The Balaban J connectivity index is 1.96. The second-order valence-electron chi connectivity index (χ2n) is 7.56. The van der Waals surface area contributed by atoms with Crippen molar-refractivity contribution in [3.05, 3.63) is 94.3 Å². The molecule has 168 valence electrons. The summed E-state index contributed by atoms with van der Waals surface area (Å²) in [5.41, 5.74) is 2.75. The summed E-state index contributed by atoms with van der Waals surface area (Å²) in [6.45, 7) is 5.02. The van der Waals surface area contributed by atoms with Gasteiger partial charge in [0, 0.05) is 6.04 Å². The van der Waals surface area contributed by atoms with Gasteiger partial charge in [0.05, 0.1) is 22.2 Å². The molecule has 0 spiro atoms. The van der Waals surface area contributed by atoms with Crippen molar-refractivity contribution in [1.82, 2.24) is 4.31 Å². The monoisotopic (exact) mass is 474 g/mol. The molecular formula is C24H24ClFN2O3S. The van der Waals surface area contributed by atoms with E-state index in [9.17, 15) is 17.6 Å². The smallest absolute Gasteiger partial charge is 0.244 e. The third-order valence-electron chi connectivity index (χ3n) is 5.30. The van der Waals surface area contributed by atoms with Gasteiger partial charge in [-0.1, -0.05) is 48.0 Å². The minimum Gasteiger partial charge on any atom is -0.324 e. The fourth-order valence-electron chi connectivity index (χ4n) is 3.26. The molecule has 0 aliphatic heterocycles. The lowest BCUT2D eigenvalue weighted by Crippen LogP contribution is -2.39. The number of amides is 1. The van der Waals surface area contributed by atoms with Crippen LogP contribution in [-0.2, 0) is 14.8 Å². The minimum absolute atomic E-state index is 0.0259. The zero-order valence-corrected chi connectivity index (χ0v) is 19.5. The third-order valence-corrected chi connectivity index (χ3v) is 7.53. The van der Waals surface area contributed by atoms with Crippen LogP contribution < -0.4 is 5.32 Å². The molecule has 0 aliphatic rings. The van der Waals surface area contributed by atoms with Crippen molar-refractivity contribution in [2.24, 2.45) is 0 Å². The number of aryl methyl sites for hydroxylation is 2. The molecule has 32 heavy (non-hydrogen) atoms. The van der Waals surface area contributed by atoms with E-state index >= 15 is 0 Å².